The summed E-state index contributed by atoms with van der Waals surface area (Å²) in [7, 11) is 1.99. The number of benzene rings is 1. The molecule has 1 unspecified atom stereocenters. The molecule has 0 bridgehead atoms. The summed E-state index contributed by atoms with van der Waals surface area (Å²) in [6.07, 6.45) is -0.633. The summed E-state index contributed by atoms with van der Waals surface area (Å²) in [4.78, 5) is 7.42. The van der Waals surface area contributed by atoms with Crippen LogP contribution in [0.4, 0.5) is 0 Å². The second-order valence-electron chi connectivity index (χ2n) is 5.19. The van der Waals surface area contributed by atoms with E-state index in [9.17, 15) is 5.11 Å². The lowest BCUT2D eigenvalue weighted by molar-refractivity contribution is 0.190. The number of aliphatic imine (C=N–C) groups is 1. The maximum atomic E-state index is 10.2. The van der Waals surface area contributed by atoms with Crippen molar-refractivity contribution < 1.29 is 5.11 Å². The van der Waals surface area contributed by atoms with Gasteiger partial charge >= 0.3 is 0 Å². The molecule has 24 heavy (non-hydrogen) atoms. The van der Waals surface area contributed by atoms with Gasteiger partial charge in [-0.2, -0.15) is 0 Å². The van der Waals surface area contributed by atoms with Crippen LogP contribution in [0.2, 0.25) is 4.34 Å². The highest BCUT2D eigenvalue weighted by molar-refractivity contribution is 14.0. The van der Waals surface area contributed by atoms with Crippen molar-refractivity contribution >= 4 is 52.9 Å². The second kappa shape index (κ2) is 10.9. The highest BCUT2D eigenvalue weighted by atomic mass is 127. The first-order valence-corrected chi connectivity index (χ1v) is 8.76. The van der Waals surface area contributed by atoms with E-state index in [4.69, 9.17) is 11.6 Å². The van der Waals surface area contributed by atoms with Crippen LogP contribution in [0.25, 0.3) is 0 Å². The van der Waals surface area contributed by atoms with Crippen LogP contribution in [0.1, 0.15) is 23.5 Å². The van der Waals surface area contributed by atoms with Crippen molar-refractivity contribution in [1.82, 2.24) is 10.2 Å². The molecular weight excluding hydrogens is 457 g/mol. The third-order valence-corrected chi connectivity index (χ3v) is 4.63. The summed E-state index contributed by atoms with van der Waals surface area (Å²) in [6, 6.07) is 13.9. The van der Waals surface area contributed by atoms with E-state index in [1.807, 2.05) is 43.1 Å². The summed E-state index contributed by atoms with van der Waals surface area (Å²) >= 11 is 7.29. The minimum atomic E-state index is -0.633. The molecule has 132 valence electrons. The number of nitrogens with zero attached hydrogens (tertiary/aromatic N) is 2. The maximum absolute atomic E-state index is 10.2. The third-order valence-electron chi connectivity index (χ3n) is 3.30. The molecule has 2 aromatic rings. The SMILES string of the molecule is CCNC(=NCC(O)c1ccc(Cl)s1)N(C)Cc1ccccc1.I. The molecule has 1 aromatic heterocycles. The molecule has 1 atom stereocenters. The lowest BCUT2D eigenvalue weighted by Gasteiger charge is -2.22. The van der Waals surface area contributed by atoms with Crippen LogP contribution >= 0.6 is 46.9 Å². The summed E-state index contributed by atoms with van der Waals surface area (Å²) in [5.41, 5.74) is 1.21. The lowest BCUT2D eigenvalue weighted by Crippen LogP contribution is -2.38. The van der Waals surface area contributed by atoms with E-state index < -0.39 is 6.10 Å². The Kier molecular flexibility index (Phi) is 9.65. The van der Waals surface area contributed by atoms with Crippen molar-refractivity contribution in [3.63, 3.8) is 0 Å². The average molecular weight is 480 g/mol. The van der Waals surface area contributed by atoms with Gasteiger partial charge in [-0.1, -0.05) is 41.9 Å². The topological polar surface area (TPSA) is 47.9 Å². The molecule has 2 N–H and O–H groups in total. The quantitative estimate of drug-likeness (QED) is 0.372. The molecule has 4 nitrogen and oxygen atoms in total. The van der Waals surface area contributed by atoms with Gasteiger partial charge in [0.15, 0.2) is 5.96 Å². The zero-order valence-corrected chi connectivity index (χ0v) is 17.7. The molecule has 0 saturated heterocycles. The van der Waals surface area contributed by atoms with Crippen molar-refractivity contribution in [3.05, 3.63) is 57.2 Å². The van der Waals surface area contributed by atoms with Crippen LogP contribution in [0.15, 0.2) is 47.5 Å². The molecular formula is C17H23ClIN3OS. The minimum Gasteiger partial charge on any atom is -0.386 e. The molecule has 2 rings (SSSR count). The molecule has 0 spiro atoms. The van der Waals surface area contributed by atoms with Gasteiger partial charge in [-0.05, 0) is 24.6 Å². The molecule has 0 aliphatic rings. The van der Waals surface area contributed by atoms with E-state index in [0.717, 1.165) is 23.9 Å². The molecule has 0 saturated carbocycles. The summed E-state index contributed by atoms with van der Waals surface area (Å²) < 4.78 is 0.677. The number of guanidine groups is 1. The molecule has 0 amide bonds. The largest absolute Gasteiger partial charge is 0.386 e. The van der Waals surface area contributed by atoms with E-state index in [-0.39, 0.29) is 24.0 Å². The number of rotatable bonds is 6. The highest BCUT2D eigenvalue weighted by Crippen LogP contribution is 2.26. The number of hydrogen-bond donors (Lipinski definition) is 2. The minimum absolute atomic E-state index is 0. The number of thiophene rings is 1. The number of aliphatic hydroxyl groups excluding tert-OH is 1. The molecule has 0 radical (unpaired) electrons. The Bertz CT molecular complexity index is 636. The molecule has 1 aromatic carbocycles. The normalized spacial score (nSPS) is 12.4. The van der Waals surface area contributed by atoms with Crippen LogP contribution in [0, 0.1) is 0 Å². The smallest absolute Gasteiger partial charge is 0.194 e. The van der Waals surface area contributed by atoms with Gasteiger partial charge in [-0.25, -0.2) is 0 Å². The van der Waals surface area contributed by atoms with E-state index in [1.165, 1.54) is 16.9 Å². The van der Waals surface area contributed by atoms with Crippen LogP contribution in [0.5, 0.6) is 0 Å². The van der Waals surface area contributed by atoms with Crippen LogP contribution in [-0.4, -0.2) is 36.1 Å². The Labute approximate surface area is 169 Å². The Morgan fingerprint density at radius 1 is 1.29 bits per heavy atom. The second-order valence-corrected chi connectivity index (χ2v) is 6.94. The summed E-state index contributed by atoms with van der Waals surface area (Å²) in [5, 5.41) is 13.5. The van der Waals surface area contributed by atoms with Crippen molar-refractivity contribution in [2.24, 2.45) is 4.99 Å². The number of nitrogens with one attached hydrogen (secondary N) is 1. The predicted octanol–water partition coefficient (Wildman–Crippen LogP) is 4.15. The van der Waals surface area contributed by atoms with Crippen molar-refractivity contribution in [2.45, 2.75) is 19.6 Å². The van der Waals surface area contributed by atoms with Gasteiger partial charge in [0.1, 0.15) is 6.10 Å². The highest BCUT2D eigenvalue weighted by Gasteiger charge is 2.12. The predicted molar refractivity (Wildman–Crippen MR) is 114 cm³/mol. The fourth-order valence-electron chi connectivity index (χ4n) is 2.17. The Morgan fingerprint density at radius 2 is 2.00 bits per heavy atom. The van der Waals surface area contributed by atoms with Gasteiger partial charge < -0.3 is 15.3 Å². The van der Waals surface area contributed by atoms with Crippen molar-refractivity contribution in [3.8, 4) is 0 Å². The first-order chi connectivity index (χ1) is 11.1. The van der Waals surface area contributed by atoms with E-state index in [2.05, 4.69) is 22.4 Å². The number of halogens is 2. The van der Waals surface area contributed by atoms with Gasteiger partial charge in [0.05, 0.1) is 10.9 Å². The van der Waals surface area contributed by atoms with Gasteiger partial charge in [0.25, 0.3) is 0 Å². The van der Waals surface area contributed by atoms with Gasteiger partial charge in [0, 0.05) is 25.0 Å². The maximum Gasteiger partial charge on any atom is 0.194 e. The number of hydrogen-bond acceptors (Lipinski definition) is 3. The summed E-state index contributed by atoms with van der Waals surface area (Å²) in [5.74, 6) is 0.776. The van der Waals surface area contributed by atoms with E-state index >= 15 is 0 Å². The molecule has 0 aliphatic carbocycles. The molecule has 0 aliphatic heterocycles. The number of aliphatic hydroxyl groups is 1. The zero-order valence-electron chi connectivity index (χ0n) is 13.8. The van der Waals surface area contributed by atoms with E-state index in [0.29, 0.717) is 10.9 Å². The Balaban J connectivity index is 0.00000288. The van der Waals surface area contributed by atoms with Crippen LogP contribution in [0.3, 0.4) is 0 Å². The Hall–Kier alpha value is -0.830. The first-order valence-electron chi connectivity index (χ1n) is 7.56. The Morgan fingerprint density at radius 3 is 2.58 bits per heavy atom. The van der Waals surface area contributed by atoms with Crippen molar-refractivity contribution in [1.29, 1.82) is 0 Å². The van der Waals surface area contributed by atoms with Gasteiger partial charge in [0.2, 0.25) is 0 Å². The van der Waals surface area contributed by atoms with Crippen LogP contribution in [-0.2, 0) is 6.54 Å². The van der Waals surface area contributed by atoms with Crippen LogP contribution < -0.4 is 5.32 Å². The molecule has 1 heterocycles. The van der Waals surface area contributed by atoms with Gasteiger partial charge in [-0.15, -0.1) is 35.3 Å². The first kappa shape index (κ1) is 21.2. The third kappa shape index (κ3) is 6.58. The standard InChI is InChI=1S/C17H22ClN3OS.HI/c1-3-19-17(21(2)12-13-7-5-4-6-8-13)20-11-14(22)15-9-10-16(18)23-15;/h4-10,14,22H,3,11-12H2,1-2H3,(H,19,20);1H. The average Bonchev–Trinajstić information content (AvgIpc) is 2.98. The summed E-state index contributed by atoms with van der Waals surface area (Å²) in [6.45, 7) is 3.87. The van der Waals surface area contributed by atoms with Crippen molar-refractivity contribution in [2.75, 3.05) is 20.1 Å². The molecule has 7 heteroatoms. The molecule has 0 fully saturated rings. The van der Waals surface area contributed by atoms with E-state index in [1.54, 1.807) is 6.07 Å². The van der Waals surface area contributed by atoms with Gasteiger partial charge in [-0.3, -0.25) is 4.99 Å². The zero-order chi connectivity index (χ0) is 16.7. The monoisotopic (exact) mass is 479 g/mol. The fourth-order valence-corrected chi connectivity index (χ4v) is 3.21. The lowest BCUT2D eigenvalue weighted by atomic mass is 10.2. The fraction of sp³-hybridized carbons (Fsp3) is 0.353.